The molecule has 0 fully saturated rings. The molecule has 0 N–H and O–H groups in total. The minimum atomic E-state index is -4.76. The topological polar surface area (TPSA) is 76.6 Å². The van der Waals surface area contributed by atoms with Crippen molar-refractivity contribution in [1.29, 1.82) is 0 Å². The maximum absolute atomic E-state index is 12.6. The third kappa shape index (κ3) is 3.38. The van der Waals surface area contributed by atoms with Crippen LogP contribution in [0.25, 0.3) is 0 Å². The number of pyridine rings is 1. The van der Waals surface area contributed by atoms with Gasteiger partial charge in [-0.2, -0.15) is 13.2 Å². The molecule has 1 aromatic heterocycles. The molecule has 0 bridgehead atoms. The molecule has 0 spiro atoms. The lowest BCUT2D eigenvalue weighted by Crippen LogP contribution is -2.29. The Bertz CT molecular complexity index is 628. The second kappa shape index (κ2) is 5.27. The predicted octanol–water partition coefficient (Wildman–Crippen LogP) is 1.28. The minimum absolute atomic E-state index is 0.381. The molecule has 0 radical (unpaired) electrons. The van der Waals surface area contributed by atoms with Crippen LogP contribution in [-0.4, -0.2) is 39.8 Å². The number of halogens is 3. The Labute approximate surface area is 113 Å². The van der Waals surface area contributed by atoms with Crippen LogP contribution in [0.5, 0.6) is 0 Å². The average molecular weight is 312 g/mol. The number of anilines is 1. The summed E-state index contributed by atoms with van der Waals surface area (Å²) in [6.45, 7) is 0. The first-order valence-corrected chi connectivity index (χ1v) is 6.93. The van der Waals surface area contributed by atoms with Crippen molar-refractivity contribution in [3.8, 4) is 0 Å². The van der Waals surface area contributed by atoms with E-state index < -0.39 is 33.7 Å². The second-order valence-electron chi connectivity index (χ2n) is 3.79. The van der Waals surface area contributed by atoms with Gasteiger partial charge in [-0.3, -0.25) is 4.31 Å². The summed E-state index contributed by atoms with van der Waals surface area (Å²) < 4.78 is 65.5. The number of carbonyl (C=O) groups is 1. The van der Waals surface area contributed by atoms with Gasteiger partial charge in [0.1, 0.15) is 11.3 Å². The molecule has 0 aliphatic carbocycles. The average Bonchev–Trinajstić information content (AvgIpc) is 2.34. The maximum atomic E-state index is 12.6. The molecular formula is C10H11F3N2O4S. The quantitative estimate of drug-likeness (QED) is 0.786. The van der Waals surface area contributed by atoms with Gasteiger partial charge in [-0.15, -0.1) is 0 Å². The van der Waals surface area contributed by atoms with Crippen LogP contribution >= 0.6 is 0 Å². The predicted molar refractivity (Wildman–Crippen MR) is 63.8 cm³/mol. The Hall–Kier alpha value is -1.84. The van der Waals surface area contributed by atoms with E-state index in [2.05, 4.69) is 9.72 Å². The van der Waals surface area contributed by atoms with Gasteiger partial charge in [0.2, 0.25) is 10.0 Å². The van der Waals surface area contributed by atoms with Crippen LogP contribution in [0.15, 0.2) is 12.1 Å². The zero-order valence-corrected chi connectivity index (χ0v) is 11.5. The molecule has 112 valence electrons. The van der Waals surface area contributed by atoms with E-state index in [0.717, 1.165) is 26.5 Å². The number of rotatable bonds is 3. The fourth-order valence-electron chi connectivity index (χ4n) is 1.27. The molecule has 0 aliphatic rings. The number of esters is 1. The number of hydrogen-bond acceptors (Lipinski definition) is 5. The standard InChI is InChI=1S/C10H11F3N2O4S/c1-15(20(3,17)18)8-6(9(16)19-2)4-5-7(14-8)10(11,12)13/h4-5H,1-3H3. The Kier molecular flexibility index (Phi) is 4.27. The van der Waals surface area contributed by atoms with Crippen LogP contribution in [0, 0.1) is 0 Å². The van der Waals surface area contributed by atoms with Crippen molar-refractivity contribution < 1.29 is 31.1 Å². The lowest BCUT2D eigenvalue weighted by Gasteiger charge is -2.19. The van der Waals surface area contributed by atoms with E-state index >= 15 is 0 Å². The third-order valence-corrected chi connectivity index (χ3v) is 3.53. The normalized spacial score (nSPS) is 12.1. The van der Waals surface area contributed by atoms with E-state index in [1.165, 1.54) is 0 Å². The minimum Gasteiger partial charge on any atom is -0.465 e. The number of carbonyl (C=O) groups excluding carboxylic acids is 1. The first kappa shape index (κ1) is 16.2. The third-order valence-electron chi connectivity index (χ3n) is 2.37. The fourth-order valence-corrected chi connectivity index (χ4v) is 1.73. The van der Waals surface area contributed by atoms with E-state index in [4.69, 9.17) is 0 Å². The van der Waals surface area contributed by atoms with Crippen molar-refractivity contribution in [3.63, 3.8) is 0 Å². The van der Waals surface area contributed by atoms with Gasteiger partial charge >= 0.3 is 12.1 Å². The summed E-state index contributed by atoms with van der Waals surface area (Å²) in [6, 6.07) is 1.39. The summed E-state index contributed by atoms with van der Waals surface area (Å²) >= 11 is 0. The zero-order chi connectivity index (χ0) is 15.7. The van der Waals surface area contributed by atoms with E-state index in [1.807, 2.05) is 0 Å². The molecular weight excluding hydrogens is 301 g/mol. The van der Waals surface area contributed by atoms with Crippen molar-refractivity contribution in [2.24, 2.45) is 0 Å². The molecule has 0 unspecified atom stereocenters. The van der Waals surface area contributed by atoms with Crippen molar-refractivity contribution in [2.75, 3.05) is 24.7 Å². The van der Waals surface area contributed by atoms with Gasteiger partial charge in [0.15, 0.2) is 5.82 Å². The molecule has 20 heavy (non-hydrogen) atoms. The van der Waals surface area contributed by atoms with Gasteiger partial charge in [-0.25, -0.2) is 18.2 Å². The molecule has 0 aliphatic heterocycles. The number of methoxy groups -OCH3 is 1. The first-order chi connectivity index (χ1) is 8.98. The smallest absolute Gasteiger partial charge is 0.433 e. The highest BCUT2D eigenvalue weighted by Gasteiger charge is 2.35. The summed E-state index contributed by atoms with van der Waals surface area (Å²) in [6.07, 6.45) is -3.99. The molecule has 0 amide bonds. The van der Waals surface area contributed by atoms with Crippen LogP contribution in [0.1, 0.15) is 16.1 Å². The highest BCUT2D eigenvalue weighted by Crippen LogP contribution is 2.31. The second-order valence-corrected chi connectivity index (χ2v) is 5.80. The van der Waals surface area contributed by atoms with Gasteiger partial charge < -0.3 is 4.74 Å². The molecule has 6 nitrogen and oxygen atoms in total. The highest BCUT2D eigenvalue weighted by atomic mass is 32.2. The lowest BCUT2D eigenvalue weighted by molar-refractivity contribution is -0.141. The van der Waals surface area contributed by atoms with Crippen molar-refractivity contribution in [3.05, 3.63) is 23.4 Å². The van der Waals surface area contributed by atoms with Crippen LogP contribution < -0.4 is 4.31 Å². The number of ether oxygens (including phenoxy) is 1. The van der Waals surface area contributed by atoms with Crippen molar-refractivity contribution in [2.45, 2.75) is 6.18 Å². The Morgan fingerprint density at radius 1 is 1.35 bits per heavy atom. The van der Waals surface area contributed by atoms with Crippen molar-refractivity contribution >= 4 is 21.8 Å². The van der Waals surface area contributed by atoms with E-state index in [9.17, 15) is 26.4 Å². The molecule has 0 atom stereocenters. The molecule has 1 rings (SSSR count). The Morgan fingerprint density at radius 2 is 1.90 bits per heavy atom. The van der Waals surface area contributed by atoms with E-state index in [-0.39, 0.29) is 5.56 Å². The molecule has 10 heteroatoms. The van der Waals surface area contributed by atoms with Gasteiger partial charge in [0.05, 0.1) is 13.4 Å². The van der Waals surface area contributed by atoms with E-state index in [0.29, 0.717) is 10.4 Å². The number of alkyl halides is 3. The lowest BCUT2D eigenvalue weighted by atomic mass is 10.2. The number of aromatic nitrogens is 1. The maximum Gasteiger partial charge on any atom is 0.433 e. The van der Waals surface area contributed by atoms with Crippen LogP contribution in [0.4, 0.5) is 19.0 Å². The number of hydrogen-bond donors (Lipinski definition) is 0. The van der Waals surface area contributed by atoms with Gasteiger partial charge in [-0.1, -0.05) is 0 Å². The zero-order valence-electron chi connectivity index (χ0n) is 10.7. The summed E-state index contributed by atoms with van der Waals surface area (Å²) in [4.78, 5) is 14.7. The van der Waals surface area contributed by atoms with Crippen LogP contribution in [-0.2, 0) is 20.9 Å². The highest BCUT2D eigenvalue weighted by molar-refractivity contribution is 7.92. The first-order valence-electron chi connectivity index (χ1n) is 5.09. The number of nitrogens with zero attached hydrogens (tertiary/aromatic N) is 2. The van der Waals surface area contributed by atoms with Crippen molar-refractivity contribution in [1.82, 2.24) is 4.98 Å². The van der Waals surface area contributed by atoms with Gasteiger partial charge in [0, 0.05) is 7.05 Å². The molecule has 1 aromatic rings. The fraction of sp³-hybridized carbons (Fsp3) is 0.400. The Morgan fingerprint density at radius 3 is 2.30 bits per heavy atom. The summed E-state index contributed by atoms with van der Waals surface area (Å²) in [5.41, 5.74) is -1.69. The Balaban J connectivity index is 3.54. The molecule has 0 aromatic carbocycles. The molecule has 1 heterocycles. The van der Waals surface area contributed by atoms with Gasteiger partial charge in [-0.05, 0) is 12.1 Å². The van der Waals surface area contributed by atoms with Gasteiger partial charge in [0.25, 0.3) is 0 Å². The number of sulfonamides is 1. The molecule has 0 saturated carbocycles. The molecule has 0 saturated heterocycles. The summed E-state index contributed by atoms with van der Waals surface area (Å²) in [5.74, 6) is -1.63. The SMILES string of the molecule is COC(=O)c1ccc(C(F)(F)F)nc1N(C)S(C)(=O)=O. The monoisotopic (exact) mass is 312 g/mol. The van der Waals surface area contributed by atoms with Crippen LogP contribution in [0.2, 0.25) is 0 Å². The van der Waals surface area contributed by atoms with E-state index in [1.54, 1.807) is 0 Å². The summed E-state index contributed by atoms with van der Waals surface area (Å²) in [5, 5.41) is 0. The largest absolute Gasteiger partial charge is 0.465 e. The van der Waals surface area contributed by atoms with Crippen LogP contribution in [0.3, 0.4) is 0 Å². The summed E-state index contributed by atoms with van der Waals surface area (Å²) in [7, 11) is -1.88.